The smallest absolute Gasteiger partial charge is 0.391 e. The molecule has 0 unspecified atom stereocenters. The highest BCUT2D eigenvalue weighted by Crippen LogP contribution is 2.03. The van der Waals surface area contributed by atoms with Crippen LogP contribution in [0.25, 0.3) is 0 Å². The first-order chi connectivity index (χ1) is 8.74. The molecule has 0 aliphatic carbocycles. The minimum atomic E-state index is -0.595. The standard InChI is InChI=1S/C10H12N2O6/c13-7(17-9-11-3-5-15-9)1-2-8(14)18-10-12-4-6-16-10/h1-6H2. The number of carbonyl (C=O) groups excluding carboxylic acids is 2. The van der Waals surface area contributed by atoms with Crippen molar-refractivity contribution in [2.24, 2.45) is 9.98 Å². The van der Waals surface area contributed by atoms with Crippen LogP contribution in [0, 0.1) is 0 Å². The molecular weight excluding hydrogens is 244 g/mol. The average Bonchev–Trinajstić information content (AvgIpc) is 2.99. The lowest BCUT2D eigenvalue weighted by molar-refractivity contribution is -0.143. The van der Waals surface area contributed by atoms with E-state index in [0.717, 1.165) is 0 Å². The number of hydrogen-bond acceptors (Lipinski definition) is 8. The number of carbonyl (C=O) groups is 2. The van der Waals surface area contributed by atoms with Crippen LogP contribution in [0.4, 0.5) is 0 Å². The van der Waals surface area contributed by atoms with Crippen molar-refractivity contribution >= 4 is 24.1 Å². The van der Waals surface area contributed by atoms with E-state index >= 15 is 0 Å². The molecule has 18 heavy (non-hydrogen) atoms. The van der Waals surface area contributed by atoms with Gasteiger partial charge in [-0.2, -0.15) is 0 Å². The maximum atomic E-state index is 11.3. The predicted octanol–water partition coefficient (Wildman–Crippen LogP) is -0.375. The fraction of sp³-hybridized carbons (Fsp3) is 0.600. The van der Waals surface area contributed by atoms with E-state index in [1.165, 1.54) is 0 Å². The highest BCUT2D eigenvalue weighted by Gasteiger charge is 2.18. The summed E-state index contributed by atoms with van der Waals surface area (Å²) in [6, 6.07) is 0. The molecule has 98 valence electrons. The lowest BCUT2D eigenvalue weighted by atomic mass is 10.3. The molecule has 0 aromatic heterocycles. The zero-order valence-electron chi connectivity index (χ0n) is 9.59. The van der Waals surface area contributed by atoms with Crippen LogP contribution in [0.2, 0.25) is 0 Å². The molecular formula is C10H12N2O6. The molecule has 0 fully saturated rings. The highest BCUT2D eigenvalue weighted by atomic mass is 16.7. The summed E-state index contributed by atoms with van der Waals surface area (Å²) in [5, 5.41) is 0. The zero-order valence-corrected chi connectivity index (χ0v) is 9.59. The van der Waals surface area contributed by atoms with Gasteiger partial charge in [-0.3, -0.25) is 9.59 Å². The fourth-order valence-electron chi connectivity index (χ4n) is 1.26. The fourth-order valence-corrected chi connectivity index (χ4v) is 1.26. The van der Waals surface area contributed by atoms with E-state index in [0.29, 0.717) is 26.3 Å². The zero-order chi connectivity index (χ0) is 12.8. The molecule has 2 aliphatic rings. The van der Waals surface area contributed by atoms with E-state index in [4.69, 9.17) is 18.9 Å². The van der Waals surface area contributed by atoms with Crippen molar-refractivity contribution in [1.82, 2.24) is 0 Å². The maximum absolute atomic E-state index is 11.3. The maximum Gasteiger partial charge on any atom is 0.391 e. The average molecular weight is 256 g/mol. The van der Waals surface area contributed by atoms with Crippen LogP contribution in [0.5, 0.6) is 0 Å². The van der Waals surface area contributed by atoms with Gasteiger partial charge in [-0.25, -0.2) is 9.98 Å². The number of aliphatic imine (C=N–C) groups is 2. The summed E-state index contributed by atoms with van der Waals surface area (Å²) >= 11 is 0. The number of hydrogen-bond donors (Lipinski definition) is 0. The van der Waals surface area contributed by atoms with Crippen molar-refractivity contribution in [3.63, 3.8) is 0 Å². The first-order valence-electron chi connectivity index (χ1n) is 5.50. The van der Waals surface area contributed by atoms with Gasteiger partial charge in [0.25, 0.3) is 0 Å². The predicted molar refractivity (Wildman–Crippen MR) is 57.9 cm³/mol. The van der Waals surface area contributed by atoms with E-state index in [1.807, 2.05) is 0 Å². The van der Waals surface area contributed by atoms with E-state index < -0.39 is 11.9 Å². The van der Waals surface area contributed by atoms with Gasteiger partial charge in [0.15, 0.2) is 0 Å². The van der Waals surface area contributed by atoms with Gasteiger partial charge < -0.3 is 18.9 Å². The van der Waals surface area contributed by atoms with Gasteiger partial charge in [0.1, 0.15) is 13.2 Å². The van der Waals surface area contributed by atoms with Crippen LogP contribution in [0.3, 0.4) is 0 Å². The molecule has 0 aromatic rings. The van der Waals surface area contributed by atoms with Crippen molar-refractivity contribution in [3.8, 4) is 0 Å². The Morgan fingerprint density at radius 1 is 0.944 bits per heavy atom. The third kappa shape index (κ3) is 3.72. The van der Waals surface area contributed by atoms with Gasteiger partial charge >= 0.3 is 24.1 Å². The molecule has 0 bridgehead atoms. The van der Waals surface area contributed by atoms with Gasteiger partial charge in [-0.1, -0.05) is 0 Å². The van der Waals surface area contributed by atoms with Gasteiger partial charge in [-0.05, 0) is 0 Å². The third-order valence-corrected chi connectivity index (χ3v) is 2.05. The van der Waals surface area contributed by atoms with Gasteiger partial charge in [0.05, 0.1) is 25.9 Å². The second-order valence-electron chi connectivity index (χ2n) is 3.44. The first kappa shape index (κ1) is 12.3. The SMILES string of the molecule is O=C(CCC(=O)OC1=NCCO1)OC1=NCCO1. The van der Waals surface area contributed by atoms with Crippen LogP contribution >= 0.6 is 0 Å². The van der Waals surface area contributed by atoms with Gasteiger partial charge in [-0.15, -0.1) is 0 Å². The molecule has 0 radical (unpaired) electrons. The molecule has 0 amide bonds. The summed E-state index contributed by atoms with van der Waals surface area (Å²) in [4.78, 5) is 30.1. The highest BCUT2D eigenvalue weighted by molar-refractivity contribution is 5.89. The number of rotatable bonds is 3. The van der Waals surface area contributed by atoms with Crippen molar-refractivity contribution < 1.29 is 28.5 Å². The Morgan fingerprint density at radius 3 is 1.72 bits per heavy atom. The minimum absolute atomic E-state index is 0.0446. The summed E-state index contributed by atoms with van der Waals surface area (Å²) in [5.74, 6) is -1.19. The van der Waals surface area contributed by atoms with Crippen molar-refractivity contribution in [1.29, 1.82) is 0 Å². The number of esters is 2. The van der Waals surface area contributed by atoms with Crippen molar-refractivity contribution in [3.05, 3.63) is 0 Å². The Hall–Kier alpha value is -2.12. The molecule has 2 heterocycles. The quantitative estimate of drug-likeness (QED) is 0.639. The number of ether oxygens (including phenoxy) is 4. The molecule has 0 atom stereocenters. The molecule has 0 aromatic carbocycles. The normalized spacial score (nSPS) is 17.3. The Kier molecular flexibility index (Phi) is 4.11. The summed E-state index contributed by atoms with van der Waals surface area (Å²) in [7, 11) is 0. The molecule has 0 spiro atoms. The molecule has 2 aliphatic heterocycles. The Labute approximate surface area is 103 Å². The van der Waals surface area contributed by atoms with E-state index in [-0.39, 0.29) is 25.0 Å². The molecule has 0 saturated carbocycles. The lowest BCUT2D eigenvalue weighted by Crippen LogP contribution is -2.17. The second kappa shape index (κ2) is 5.99. The Balaban J connectivity index is 1.64. The number of nitrogens with zero attached hydrogens (tertiary/aromatic N) is 2. The summed E-state index contributed by atoms with van der Waals surface area (Å²) < 4.78 is 19.3. The monoisotopic (exact) mass is 256 g/mol. The lowest BCUT2D eigenvalue weighted by Gasteiger charge is -2.03. The van der Waals surface area contributed by atoms with Crippen LogP contribution in [0.15, 0.2) is 9.98 Å². The van der Waals surface area contributed by atoms with Gasteiger partial charge in [0.2, 0.25) is 0 Å². The van der Waals surface area contributed by atoms with Crippen molar-refractivity contribution in [2.45, 2.75) is 12.8 Å². The van der Waals surface area contributed by atoms with Crippen LogP contribution in [0.1, 0.15) is 12.8 Å². The van der Waals surface area contributed by atoms with E-state index in [9.17, 15) is 9.59 Å². The Morgan fingerprint density at radius 2 is 1.39 bits per heavy atom. The topological polar surface area (TPSA) is 95.8 Å². The molecule has 0 N–H and O–H groups in total. The largest absolute Gasteiger partial charge is 0.448 e. The molecule has 0 saturated heterocycles. The van der Waals surface area contributed by atoms with Crippen molar-refractivity contribution in [2.75, 3.05) is 26.3 Å². The first-order valence-corrected chi connectivity index (χ1v) is 5.50. The summed E-state index contributed by atoms with van der Waals surface area (Å²) in [6.07, 6.45) is -0.322. The molecule has 8 heteroatoms. The summed E-state index contributed by atoms with van der Waals surface area (Å²) in [6.45, 7) is 1.76. The van der Waals surface area contributed by atoms with Gasteiger partial charge in [0, 0.05) is 0 Å². The summed E-state index contributed by atoms with van der Waals surface area (Å²) in [5.41, 5.74) is 0. The third-order valence-electron chi connectivity index (χ3n) is 2.05. The Bertz CT molecular complexity index is 365. The molecule has 2 rings (SSSR count). The van der Waals surface area contributed by atoms with E-state index in [1.54, 1.807) is 0 Å². The second-order valence-corrected chi connectivity index (χ2v) is 3.44. The minimum Gasteiger partial charge on any atom is -0.448 e. The molecule has 8 nitrogen and oxygen atoms in total. The van der Waals surface area contributed by atoms with Crippen LogP contribution in [-0.4, -0.2) is 50.4 Å². The van der Waals surface area contributed by atoms with Crippen LogP contribution < -0.4 is 0 Å². The van der Waals surface area contributed by atoms with E-state index in [2.05, 4.69) is 9.98 Å². The van der Waals surface area contributed by atoms with Crippen LogP contribution in [-0.2, 0) is 28.5 Å².